The molecule has 1 fully saturated rings. The predicted molar refractivity (Wildman–Crippen MR) is 141 cm³/mol. The van der Waals surface area contributed by atoms with Crippen LogP contribution in [0, 0.1) is 13.8 Å². The molecule has 1 saturated heterocycles. The number of carbonyl (C=O) groups excluding carboxylic acids is 1. The minimum Gasteiger partial charge on any atom is -0.419 e. The maximum atomic E-state index is 13.6. The van der Waals surface area contributed by atoms with Gasteiger partial charge in [-0.2, -0.15) is 0 Å². The number of nitrogens with zero attached hydrogens (tertiary/aromatic N) is 4. The van der Waals surface area contributed by atoms with Crippen LogP contribution in [0.3, 0.4) is 0 Å². The molecule has 0 unspecified atom stereocenters. The zero-order valence-corrected chi connectivity index (χ0v) is 21.9. The Balaban J connectivity index is 1.42. The van der Waals surface area contributed by atoms with Crippen molar-refractivity contribution in [1.82, 2.24) is 25.4 Å². The summed E-state index contributed by atoms with van der Waals surface area (Å²) in [5.41, 5.74) is 4.00. The van der Waals surface area contributed by atoms with E-state index in [1.165, 1.54) is 5.56 Å². The van der Waals surface area contributed by atoms with Gasteiger partial charge in [-0.25, -0.2) is 4.98 Å². The van der Waals surface area contributed by atoms with Crippen molar-refractivity contribution in [2.24, 2.45) is 0 Å². The first-order valence-corrected chi connectivity index (χ1v) is 13.2. The van der Waals surface area contributed by atoms with Crippen LogP contribution in [-0.2, 0) is 12.0 Å². The van der Waals surface area contributed by atoms with Gasteiger partial charge in [0, 0.05) is 28.7 Å². The topological polar surface area (TPSA) is 84.2 Å². The summed E-state index contributed by atoms with van der Waals surface area (Å²) in [7, 11) is 1.90. The van der Waals surface area contributed by atoms with Gasteiger partial charge in [0.25, 0.3) is 5.91 Å². The Morgan fingerprint density at radius 2 is 2.00 bits per heavy atom. The molecule has 0 radical (unpaired) electrons. The van der Waals surface area contributed by atoms with Crippen molar-refractivity contribution in [3.63, 3.8) is 0 Å². The van der Waals surface area contributed by atoms with Crippen LogP contribution >= 0.6 is 11.3 Å². The molecule has 7 nitrogen and oxygen atoms in total. The van der Waals surface area contributed by atoms with Gasteiger partial charge in [0.2, 0.25) is 11.8 Å². The SMILES string of the molecule is CN[C@](C)(Cc1ccccc1)c1nnc(-c2cc(C)cc(C(=O)N3CCC[C@@H]3c3nc(C)cs3)c2)o1. The molecule has 1 aliphatic rings. The summed E-state index contributed by atoms with van der Waals surface area (Å²) in [4.78, 5) is 20.2. The monoisotopic (exact) mass is 501 g/mol. The molecule has 186 valence electrons. The quantitative estimate of drug-likeness (QED) is 0.362. The lowest BCUT2D eigenvalue weighted by Crippen LogP contribution is -2.39. The molecule has 3 heterocycles. The predicted octanol–water partition coefficient (Wildman–Crippen LogP) is 5.46. The van der Waals surface area contributed by atoms with Crippen LogP contribution in [0.5, 0.6) is 0 Å². The van der Waals surface area contributed by atoms with E-state index >= 15 is 0 Å². The summed E-state index contributed by atoms with van der Waals surface area (Å²) in [5, 5.41) is 15.1. The molecular weight excluding hydrogens is 470 g/mol. The lowest BCUT2D eigenvalue weighted by molar-refractivity contribution is 0.0735. The summed E-state index contributed by atoms with van der Waals surface area (Å²) >= 11 is 1.63. The second kappa shape index (κ2) is 9.95. The number of hydrogen-bond donors (Lipinski definition) is 1. The summed E-state index contributed by atoms with van der Waals surface area (Å²) in [6.07, 6.45) is 2.62. The van der Waals surface area contributed by atoms with Crippen LogP contribution in [0.25, 0.3) is 11.5 Å². The fraction of sp³-hybridized carbons (Fsp3) is 0.357. The van der Waals surface area contributed by atoms with Crippen molar-refractivity contribution in [1.29, 1.82) is 0 Å². The molecule has 5 rings (SSSR count). The zero-order valence-electron chi connectivity index (χ0n) is 21.1. The number of aromatic nitrogens is 3. The van der Waals surface area contributed by atoms with E-state index < -0.39 is 5.54 Å². The average Bonchev–Trinajstić information content (AvgIpc) is 3.64. The molecule has 1 aliphatic heterocycles. The van der Waals surface area contributed by atoms with Crippen LogP contribution in [-0.4, -0.2) is 39.6 Å². The van der Waals surface area contributed by atoms with Crippen LogP contribution in [0.15, 0.2) is 58.3 Å². The summed E-state index contributed by atoms with van der Waals surface area (Å²) in [6.45, 7) is 6.76. The van der Waals surface area contributed by atoms with Crippen molar-refractivity contribution >= 4 is 17.2 Å². The van der Waals surface area contributed by atoms with Gasteiger partial charge >= 0.3 is 0 Å². The summed E-state index contributed by atoms with van der Waals surface area (Å²) < 4.78 is 6.19. The highest BCUT2D eigenvalue weighted by Crippen LogP contribution is 2.35. The highest BCUT2D eigenvalue weighted by Gasteiger charge is 2.34. The molecule has 1 amide bonds. The maximum absolute atomic E-state index is 13.6. The Morgan fingerprint density at radius 3 is 2.72 bits per heavy atom. The first-order chi connectivity index (χ1) is 17.4. The maximum Gasteiger partial charge on any atom is 0.254 e. The number of likely N-dealkylation sites (N-methyl/N-ethyl adjacent to an activating group) is 1. The van der Waals surface area contributed by atoms with E-state index in [1.54, 1.807) is 11.3 Å². The van der Waals surface area contributed by atoms with Crippen molar-refractivity contribution in [3.8, 4) is 11.5 Å². The van der Waals surface area contributed by atoms with E-state index in [-0.39, 0.29) is 11.9 Å². The molecule has 36 heavy (non-hydrogen) atoms. The number of amides is 1. The number of likely N-dealkylation sites (tertiary alicyclic amines) is 1. The molecule has 8 heteroatoms. The van der Waals surface area contributed by atoms with Crippen LogP contribution in [0.4, 0.5) is 0 Å². The molecule has 0 saturated carbocycles. The lowest BCUT2D eigenvalue weighted by Gasteiger charge is -2.25. The molecule has 2 aromatic carbocycles. The van der Waals surface area contributed by atoms with Crippen LogP contribution < -0.4 is 5.32 Å². The third-order valence-electron chi connectivity index (χ3n) is 6.86. The van der Waals surface area contributed by atoms with Crippen molar-refractivity contribution in [2.45, 2.75) is 51.6 Å². The normalized spacial score (nSPS) is 17.3. The second-order valence-corrected chi connectivity index (χ2v) is 10.6. The highest BCUT2D eigenvalue weighted by molar-refractivity contribution is 7.09. The Bertz CT molecular complexity index is 1370. The number of hydrogen-bond acceptors (Lipinski definition) is 7. The van der Waals surface area contributed by atoms with Crippen molar-refractivity contribution < 1.29 is 9.21 Å². The van der Waals surface area contributed by atoms with Gasteiger partial charge in [0.15, 0.2) is 0 Å². The molecule has 0 spiro atoms. The smallest absolute Gasteiger partial charge is 0.254 e. The lowest BCUT2D eigenvalue weighted by atomic mass is 9.93. The van der Waals surface area contributed by atoms with Gasteiger partial charge in [-0.15, -0.1) is 21.5 Å². The molecule has 0 aliphatic carbocycles. The van der Waals surface area contributed by atoms with E-state index in [9.17, 15) is 4.79 Å². The van der Waals surface area contributed by atoms with Gasteiger partial charge in [-0.3, -0.25) is 4.79 Å². The van der Waals surface area contributed by atoms with Gasteiger partial charge in [-0.05, 0) is 76.4 Å². The van der Waals surface area contributed by atoms with Crippen LogP contribution in [0.1, 0.15) is 63.9 Å². The summed E-state index contributed by atoms with van der Waals surface area (Å²) in [5.74, 6) is 0.932. The first-order valence-electron chi connectivity index (χ1n) is 12.3. The number of rotatable bonds is 7. The number of carbonyl (C=O) groups is 1. The first kappa shape index (κ1) is 24.3. The number of nitrogens with one attached hydrogen (secondary N) is 1. The van der Waals surface area contributed by atoms with E-state index in [4.69, 9.17) is 4.42 Å². The third kappa shape index (κ3) is 4.83. The van der Waals surface area contributed by atoms with Crippen molar-refractivity contribution in [3.05, 3.63) is 87.2 Å². The van der Waals surface area contributed by atoms with E-state index in [2.05, 4.69) is 39.6 Å². The van der Waals surface area contributed by atoms with E-state index in [0.29, 0.717) is 23.8 Å². The number of thiazole rings is 1. The number of benzene rings is 2. The Morgan fingerprint density at radius 1 is 1.19 bits per heavy atom. The summed E-state index contributed by atoms with van der Waals surface area (Å²) in [6, 6.07) is 16.0. The largest absolute Gasteiger partial charge is 0.419 e. The highest BCUT2D eigenvalue weighted by atomic mass is 32.1. The van der Waals surface area contributed by atoms with E-state index in [1.807, 2.05) is 67.6 Å². The van der Waals surface area contributed by atoms with E-state index in [0.717, 1.165) is 41.2 Å². The Kier molecular flexibility index (Phi) is 6.73. The molecule has 2 atom stereocenters. The molecule has 0 bridgehead atoms. The fourth-order valence-corrected chi connectivity index (χ4v) is 5.77. The Hall–Kier alpha value is -3.36. The van der Waals surface area contributed by atoms with Gasteiger partial charge in [0.05, 0.1) is 11.6 Å². The number of aryl methyl sites for hydroxylation is 2. The minimum atomic E-state index is -0.524. The third-order valence-corrected chi connectivity index (χ3v) is 7.92. The minimum absolute atomic E-state index is 0.0131. The van der Waals surface area contributed by atoms with Crippen LogP contribution in [0.2, 0.25) is 0 Å². The Labute approximate surface area is 215 Å². The second-order valence-electron chi connectivity index (χ2n) is 9.73. The molecule has 4 aromatic rings. The van der Waals surface area contributed by atoms with Gasteiger partial charge < -0.3 is 14.6 Å². The molecule has 1 N–H and O–H groups in total. The zero-order chi connectivity index (χ0) is 25.3. The van der Waals surface area contributed by atoms with Gasteiger partial charge in [0.1, 0.15) is 5.01 Å². The van der Waals surface area contributed by atoms with Gasteiger partial charge in [-0.1, -0.05) is 30.3 Å². The molecule has 2 aromatic heterocycles. The van der Waals surface area contributed by atoms with Crippen molar-refractivity contribution in [2.75, 3.05) is 13.6 Å². The standard InChI is InChI=1S/C28H31N5O2S/c1-18-13-21(24-31-32-27(35-24)28(3,29-4)16-20-9-6-5-7-10-20)15-22(14-18)26(34)33-12-8-11-23(33)25-30-19(2)17-36-25/h5-7,9-10,13-15,17,23,29H,8,11-12,16H2,1-4H3/t23-,28-/m1/s1. The average molecular weight is 502 g/mol. The fourth-order valence-electron chi connectivity index (χ4n) is 4.83. The molecular formula is C28H31N5O2S.